The fourth-order valence-corrected chi connectivity index (χ4v) is 7.72. The molecule has 3 aromatic carbocycles. The van der Waals surface area contributed by atoms with Gasteiger partial charge in [0, 0.05) is 48.9 Å². The fourth-order valence-electron chi connectivity index (χ4n) is 7.72. The predicted octanol–water partition coefficient (Wildman–Crippen LogP) is 15.1. The Bertz CT molecular complexity index is 1740. The average Bonchev–Trinajstić information content (AvgIpc) is 3.32. The number of aryl methyl sites for hydroxylation is 1. The van der Waals surface area contributed by atoms with Crippen molar-refractivity contribution in [3.8, 4) is 25.2 Å². The molecule has 0 saturated carbocycles. The van der Waals surface area contributed by atoms with Crippen molar-refractivity contribution in [2.24, 2.45) is 16.6 Å². The van der Waals surface area contributed by atoms with Crippen molar-refractivity contribution in [1.82, 2.24) is 0 Å². The number of nitrogens with two attached hydrogens (primary N) is 1. The number of hydrogen-bond acceptors (Lipinski definition) is 3. The van der Waals surface area contributed by atoms with Crippen LogP contribution in [0.15, 0.2) is 150 Å². The molecule has 3 heteroatoms. The van der Waals surface area contributed by atoms with Crippen molar-refractivity contribution in [2.75, 3.05) is 18.0 Å². The molecule has 0 fully saturated rings. The summed E-state index contributed by atoms with van der Waals surface area (Å²) in [7, 11) is 0. The summed E-state index contributed by atoms with van der Waals surface area (Å²) in [6, 6.07) is 29.2. The molecule has 1 aliphatic carbocycles. The van der Waals surface area contributed by atoms with E-state index in [9.17, 15) is 0 Å². The van der Waals surface area contributed by atoms with E-state index < -0.39 is 0 Å². The lowest BCUT2D eigenvalue weighted by Crippen LogP contribution is -2.52. The zero-order chi connectivity index (χ0) is 45.8. The monoisotopic (exact) mass is 810 g/mol. The summed E-state index contributed by atoms with van der Waals surface area (Å²) in [5.41, 5.74) is 16.5. The van der Waals surface area contributed by atoms with E-state index in [-0.39, 0.29) is 11.5 Å². The van der Waals surface area contributed by atoms with Crippen LogP contribution in [0.2, 0.25) is 0 Å². The van der Waals surface area contributed by atoms with Crippen LogP contribution >= 0.6 is 0 Å². The number of para-hydroxylation sites is 1. The number of benzene rings is 3. The normalized spacial score (nSPS) is 18.0. The molecule has 3 nitrogen and oxygen atoms in total. The number of allylic oxidation sites excluding steroid dienone is 7. The van der Waals surface area contributed by atoms with Crippen LogP contribution < -0.4 is 10.6 Å². The number of nitrogens with zero attached hydrogens (tertiary/aromatic N) is 2. The topological polar surface area (TPSA) is 41.6 Å². The van der Waals surface area contributed by atoms with Crippen LogP contribution in [0.1, 0.15) is 132 Å². The molecule has 2 N–H and O–H groups in total. The van der Waals surface area contributed by atoms with Gasteiger partial charge in [0.05, 0.1) is 0 Å². The number of anilines is 1. The molecule has 0 radical (unpaired) electrons. The highest BCUT2D eigenvalue weighted by Crippen LogP contribution is 2.57. The Kier molecular flexibility index (Phi) is 34.0. The van der Waals surface area contributed by atoms with Gasteiger partial charge >= 0.3 is 0 Å². The van der Waals surface area contributed by atoms with Gasteiger partial charge in [0.15, 0.2) is 0 Å². The maximum absolute atomic E-state index is 5.68. The maximum Gasteiger partial charge on any atom is 0.0489 e. The Morgan fingerprint density at radius 2 is 1.52 bits per heavy atom. The Labute approximate surface area is 370 Å². The first-order valence-corrected chi connectivity index (χ1v) is 22.5. The standard InChI is InChI=1S/C32H41N.C7H9N.C6H13N.C6H6.2C2H6.C2H2/c1-8-13-17-27-19-16-22-30-31(27)33(23-10-3)25(7)29(20-14-9-2)32(30,12-5)28-21-15-18-26(11-4)24(28)6;8-6-7-4-2-1-3-5-7;1-4-6(3)7-5-2;1-2-4-6-5-3-1;3*1-2/h1,9-10,14-16,18-20,22,25,28H,3,11-13,17,21,23H2,2,4-7H3;1-5H,6,8H2;4-5H2,1-3H3;1-6H;2*1-2H3;1-2H/b14-9-,29-20+;;;;;;. The van der Waals surface area contributed by atoms with Gasteiger partial charge in [-0.2, -0.15) is 0 Å². The van der Waals surface area contributed by atoms with Gasteiger partial charge in [0.1, 0.15) is 0 Å². The smallest absolute Gasteiger partial charge is 0.0489 e. The Morgan fingerprint density at radius 1 is 0.933 bits per heavy atom. The highest BCUT2D eigenvalue weighted by molar-refractivity contribution is 5.81. The lowest BCUT2D eigenvalue weighted by atomic mass is 9.55. The van der Waals surface area contributed by atoms with E-state index in [0.29, 0.717) is 12.5 Å². The van der Waals surface area contributed by atoms with Crippen LogP contribution in [0.3, 0.4) is 0 Å². The molecule has 5 rings (SSSR count). The van der Waals surface area contributed by atoms with Gasteiger partial charge in [-0.25, -0.2) is 0 Å². The molecular formula is C57H83N3. The van der Waals surface area contributed by atoms with Gasteiger partial charge < -0.3 is 10.6 Å². The third-order valence-corrected chi connectivity index (χ3v) is 10.6. The number of rotatable bonds is 11. The van der Waals surface area contributed by atoms with Crippen LogP contribution in [0.4, 0.5) is 5.69 Å². The van der Waals surface area contributed by atoms with E-state index in [2.05, 4.69) is 139 Å². The van der Waals surface area contributed by atoms with E-state index in [1.54, 1.807) is 5.57 Å². The molecule has 3 atom stereocenters. The summed E-state index contributed by atoms with van der Waals surface area (Å²) < 4.78 is 0. The van der Waals surface area contributed by atoms with Crippen molar-refractivity contribution in [1.29, 1.82) is 0 Å². The first-order valence-electron chi connectivity index (χ1n) is 22.5. The summed E-state index contributed by atoms with van der Waals surface area (Å²) in [6.07, 6.45) is 33.3. The van der Waals surface area contributed by atoms with Crippen molar-refractivity contribution >= 4 is 11.4 Å². The van der Waals surface area contributed by atoms with Gasteiger partial charge in [-0.1, -0.05) is 175 Å². The summed E-state index contributed by atoms with van der Waals surface area (Å²) in [5, 5.41) is 0. The Morgan fingerprint density at radius 3 is 1.95 bits per heavy atom. The number of terminal acetylenes is 2. The fraction of sp³-hybridized carbons (Fsp3) is 0.421. The maximum atomic E-state index is 5.68. The molecule has 326 valence electrons. The third-order valence-electron chi connectivity index (χ3n) is 10.6. The minimum Gasteiger partial charge on any atom is -0.361 e. The van der Waals surface area contributed by atoms with Crippen molar-refractivity contribution in [3.63, 3.8) is 0 Å². The molecule has 0 bridgehead atoms. The van der Waals surface area contributed by atoms with Crippen LogP contribution in [-0.2, 0) is 18.4 Å². The predicted molar refractivity (Wildman–Crippen MR) is 273 cm³/mol. The molecule has 3 aromatic rings. The van der Waals surface area contributed by atoms with Gasteiger partial charge in [-0.15, -0.1) is 31.8 Å². The summed E-state index contributed by atoms with van der Waals surface area (Å²) in [4.78, 5) is 6.71. The average molecular weight is 810 g/mol. The molecule has 1 aliphatic heterocycles. The SMILES string of the molecule is C#C.C#CCCc1cccc2c1N(CC=C)C(C)/C(=C\C=C/C)C2(CC)C1CC=CC(CC)=C1C.CC.CC.CCN=C(C)CC.NCc1ccccc1.c1ccccc1. The molecule has 60 heavy (non-hydrogen) atoms. The second kappa shape index (κ2) is 35.8. The highest BCUT2D eigenvalue weighted by atomic mass is 15.2. The first-order chi connectivity index (χ1) is 29.2. The number of fused-ring (bicyclic) bond motifs is 1. The second-order valence-electron chi connectivity index (χ2n) is 13.8. The molecule has 0 aromatic heterocycles. The van der Waals surface area contributed by atoms with Gasteiger partial charge in [-0.3, -0.25) is 4.99 Å². The second-order valence-corrected chi connectivity index (χ2v) is 13.8. The lowest BCUT2D eigenvalue weighted by molar-refractivity contribution is 0.315. The molecule has 3 unspecified atom stereocenters. The van der Waals surface area contributed by atoms with Crippen LogP contribution in [0, 0.1) is 31.1 Å². The lowest BCUT2D eigenvalue weighted by Gasteiger charge is -2.54. The minimum absolute atomic E-state index is 0.0483. The zero-order valence-corrected chi connectivity index (χ0v) is 40.0. The third kappa shape index (κ3) is 17.6. The highest BCUT2D eigenvalue weighted by Gasteiger charge is 2.50. The molecular weight excluding hydrogens is 727 g/mol. The summed E-state index contributed by atoms with van der Waals surface area (Å²) in [5.74, 6) is 3.31. The zero-order valence-electron chi connectivity index (χ0n) is 40.0. The largest absolute Gasteiger partial charge is 0.361 e. The quantitative estimate of drug-likeness (QED) is 0.119. The van der Waals surface area contributed by atoms with E-state index in [4.69, 9.17) is 12.2 Å². The molecule has 1 heterocycles. The van der Waals surface area contributed by atoms with E-state index in [1.807, 2.05) is 101 Å². The van der Waals surface area contributed by atoms with E-state index >= 15 is 0 Å². The van der Waals surface area contributed by atoms with Crippen molar-refractivity contribution in [2.45, 2.75) is 140 Å². The Balaban J connectivity index is 0. The Hall–Kier alpha value is -5.09. The summed E-state index contributed by atoms with van der Waals surface area (Å²) in [6.45, 7) is 32.2. The molecule has 0 saturated heterocycles. The molecule has 2 aliphatic rings. The summed E-state index contributed by atoms with van der Waals surface area (Å²) >= 11 is 0. The van der Waals surface area contributed by atoms with E-state index in [0.717, 1.165) is 51.6 Å². The number of aliphatic imine (C=N–C) groups is 1. The van der Waals surface area contributed by atoms with Gasteiger partial charge in [-0.05, 0) is 100 Å². The van der Waals surface area contributed by atoms with Gasteiger partial charge in [0.2, 0.25) is 0 Å². The van der Waals surface area contributed by atoms with Crippen LogP contribution in [0.25, 0.3) is 0 Å². The van der Waals surface area contributed by atoms with E-state index in [1.165, 1.54) is 39.2 Å². The van der Waals surface area contributed by atoms with Crippen molar-refractivity contribution < 1.29 is 0 Å². The van der Waals surface area contributed by atoms with Crippen LogP contribution in [0.5, 0.6) is 0 Å². The number of hydrogen-bond donors (Lipinski definition) is 1. The van der Waals surface area contributed by atoms with Crippen molar-refractivity contribution in [3.05, 3.63) is 161 Å². The first kappa shape index (κ1) is 57.0. The molecule has 0 spiro atoms. The minimum atomic E-state index is -0.0483. The van der Waals surface area contributed by atoms with Gasteiger partial charge in [0.25, 0.3) is 0 Å². The van der Waals surface area contributed by atoms with Crippen LogP contribution in [-0.4, -0.2) is 24.8 Å². The molecule has 0 amide bonds.